The van der Waals surface area contributed by atoms with Crippen molar-refractivity contribution in [1.29, 1.82) is 0 Å². The van der Waals surface area contributed by atoms with Gasteiger partial charge in [-0.05, 0) is 44.9 Å². The van der Waals surface area contributed by atoms with Crippen LogP contribution in [0.5, 0.6) is 0 Å². The molecule has 122 valence electrons. The summed E-state index contributed by atoms with van der Waals surface area (Å²) in [5, 5.41) is -0.327. The highest BCUT2D eigenvalue weighted by atomic mass is 32.2. The smallest absolute Gasteiger partial charge is 0.225 e. The van der Waals surface area contributed by atoms with E-state index >= 15 is 0 Å². The average Bonchev–Trinajstić information content (AvgIpc) is 2.55. The average molecular weight is 331 g/mol. The minimum absolute atomic E-state index is 0.327. The van der Waals surface area contributed by atoms with Gasteiger partial charge in [-0.1, -0.05) is 18.2 Å². The zero-order valence-electron chi connectivity index (χ0n) is 13.4. The third kappa shape index (κ3) is 3.37. The van der Waals surface area contributed by atoms with Crippen molar-refractivity contribution in [2.75, 3.05) is 18.0 Å². The fourth-order valence-corrected chi connectivity index (χ4v) is 4.77. The molecule has 0 unspecified atom stereocenters. The van der Waals surface area contributed by atoms with Gasteiger partial charge in [0.15, 0.2) is 9.84 Å². The zero-order chi connectivity index (χ0) is 16.4. The van der Waals surface area contributed by atoms with Gasteiger partial charge in [0, 0.05) is 24.5 Å². The van der Waals surface area contributed by atoms with Crippen molar-refractivity contribution in [3.63, 3.8) is 0 Å². The zero-order valence-corrected chi connectivity index (χ0v) is 14.3. The van der Waals surface area contributed by atoms with E-state index in [1.807, 2.05) is 26.0 Å². The van der Waals surface area contributed by atoms with E-state index in [-0.39, 0.29) is 5.25 Å². The third-order valence-electron chi connectivity index (χ3n) is 4.21. The van der Waals surface area contributed by atoms with E-state index in [9.17, 15) is 8.42 Å². The van der Waals surface area contributed by atoms with Gasteiger partial charge in [-0.3, -0.25) is 0 Å². The minimum atomic E-state index is -3.25. The summed E-state index contributed by atoms with van der Waals surface area (Å²) in [4.78, 5) is 11.4. The fourth-order valence-electron chi connectivity index (χ4n) is 3.02. The summed E-state index contributed by atoms with van der Waals surface area (Å²) in [7, 11) is -3.25. The van der Waals surface area contributed by atoms with Crippen LogP contribution in [0.3, 0.4) is 0 Å². The van der Waals surface area contributed by atoms with Crippen LogP contribution < -0.4 is 4.90 Å². The second kappa shape index (κ2) is 6.28. The molecule has 0 amide bonds. The van der Waals surface area contributed by atoms with E-state index in [0.717, 1.165) is 11.4 Å². The molecule has 1 saturated heterocycles. The van der Waals surface area contributed by atoms with Crippen molar-refractivity contribution in [1.82, 2.24) is 9.97 Å². The Hall–Kier alpha value is -1.95. The van der Waals surface area contributed by atoms with Crippen molar-refractivity contribution in [2.45, 2.75) is 36.8 Å². The molecule has 0 saturated carbocycles. The van der Waals surface area contributed by atoms with Crippen LogP contribution in [0, 0.1) is 13.8 Å². The van der Waals surface area contributed by atoms with Gasteiger partial charge in [0.2, 0.25) is 5.95 Å². The maximum atomic E-state index is 12.7. The van der Waals surface area contributed by atoms with Crippen LogP contribution in [0.4, 0.5) is 5.95 Å². The number of nitrogens with zero attached hydrogens (tertiary/aromatic N) is 3. The Morgan fingerprint density at radius 2 is 1.57 bits per heavy atom. The van der Waals surface area contributed by atoms with E-state index in [2.05, 4.69) is 14.9 Å². The number of piperidine rings is 1. The number of aromatic nitrogens is 2. The van der Waals surface area contributed by atoms with Crippen LogP contribution in [0.2, 0.25) is 0 Å². The quantitative estimate of drug-likeness (QED) is 0.865. The number of anilines is 1. The first-order valence-electron chi connectivity index (χ1n) is 7.83. The molecule has 1 aromatic heterocycles. The van der Waals surface area contributed by atoms with Gasteiger partial charge in [-0.2, -0.15) is 0 Å². The molecule has 3 rings (SSSR count). The number of aryl methyl sites for hydroxylation is 2. The lowest BCUT2D eigenvalue weighted by molar-refractivity contribution is 0.525. The Kier molecular flexibility index (Phi) is 4.35. The highest BCUT2D eigenvalue weighted by Gasteiger charge is 2.31. The molecule has 23 heavy (non-hydrogen) atoms. The molecule has 1 aliphatic heterocycles. The predicted octanol–water partition coefficient (Wildman–Crippen LogP) is 2.54. The monoisotopic (exact) mass is 331 g/mol. The van der Waals surface area contributed by atoms with E-state index in [1.165, 1.54) is 0 Å². The summed E-state index contributed by atoms with van der Waals surface area (Å²) in [6.45, 7) is 5.23. The highest BCUT2D eigenvalue weighted by Crippen LogP contribution is 2.26. The van der Waals surface area contributed by atoms with Gasteiger partial charge in [0.25, 0.3) is 0 Å². The van der Waals surface area contributed by atoms with Gasteiger partial charge in [-0.15, -0.1) is 0 Å². The summed E-state index contributed by atoms with van der Waals surface area (Å²) in [6, 6.07) is 10.7. The number of hydrogen-bond acceptors (Lipinski definition) is 5. The number of hydrogen-bond donors (Lipinski definition) is 0. The van der Waals surface area contributed by atoms with E-state index in [4.69, 9.17) is 0 Å². The summed E-state index contributed by atoms with van der Waals surface area (Å²) in [6.07, 6.45) is 1.21. The number of benzene rings is 1. The van der Waals surface area contributed by atoms with Gasteiger partial charge in [0.1, 0.15) is 0 Å². The van der Waals surface area contributed by atoms with Gasteiger partial charge >= 0.3 is 0 Å². The topological polar surface area (TPSA) is 63.2 Å². The Morgan fingerprint density at radius 1 is 1.00 bits per heavy atom. The molecule has 5 nitrogen and oxygen atoms in total. The summed E-state index contributed by atoms with van der Waals surface area (Å²) >= 11 is 0. The van der Waals surface area contributed by atoms with Gasteiger partial charge < -0.3 is 4.90 Å². The number of sulfone groups is 1. The van der Waals surface area contributed by atoms with Crippen LogP contribution in [0.1, 0.15) is 24.2 Å². The molecule has 6 heteroatoms. The van der Waals surface area contributed by atoms with Crippen molar-refractivity contribution in [3.05, 3.63) is 47.8 Å². The highest BCUT2D eigenvalue weighted by molar-refractivity contribution is 7.92. The van der Waals surface area contributed by atoms with Crippen LogP contribution in [-0.4, -0.2) is 36.7 Å². The molecule has 0 radical (unpaired) electrons. The van der Waals surface area contributed by atoms with Crippen LogP contribution >= 0.6 is 0 Å². The van der Waals surface area contributed by atoms with E-state index in [1.54, 1.807) is 24.3 Å². The standard InChI is InChI=1S/C17H21N3O2S/c1-13-12-14(2)19-17(18-13)20-10-8-16(9-11-20)23(21,22)15-6-4-3-5-7-15/h3-7,12,16H,8-11H2,1-2H3. The Morgan fingerprint density at radius 3 is 2.13 bits per heavy atom. The summed E-state index contributed by atoms with van der Waals surface area (Å²) in [5.41, 5.74) is 1.87. The lowest BCUT2D eigenvalue weighted by atomic mass is 10.1. The van der Waals surface area contributed by atoms with E-state index in [0.29, 0.717) is 36.8 Å². The maximum Gasteiger partial charge on any atom is 0.225 e. The third-order valence-corrected chi connectivity index (χ3v) is 6.48. The summed E-state index contributed by atoms with van der Waals surface area (Å²) < 4.78 is 25.4. The van der Waals surface area contributed by atoms with Crippen LogP contribution in [0.15, 0.2) is 41.3 Å². The first-order chi connectivity index (χ1) is 11.0. The van der Waals surface area contributed by atoms with Gasteiger partial charge in [0.05, 0.1) is 10.1 Å². The van der Waals surface area contributed by atoms with Crippen LogP contribution in [0.25, 0.3) is 0 Å². The Bertz CT molecular complexity index is 762. The van der Waals surface area contributed by atoms with Crippen LogP contribution in [-0.2, 0) is 9.84 Å². The molecule has 1 fully saturated rings. The SMILES string of the molecule is Cc1cc(C)nc(N2CCC(S(=O)(=O)c3ccccc3)CC2)n1. The lowest BCUT2D eigenvalue weighted by Crippen LogP contribution is -2.40. The first kappa shape index (κ1) is 15.9. The molecule has 1 aliphatic rings. The van der Waals surface area contributed by atoms with Crippen molar-refractivity contribution < 1.29 is 8.42 Å². The second-order valence-electron chi connectivity index (χ2n) is 6.00. The largest absolute Gasteiger partial charge is 0.341 e. The molecule has 2 heterocycles. The lowest BCUT2D eigenvalue weighted by Gasteiger charge is -2.32. The maximum absolute atomic E-state index is 12.7. The molecule has 1 aromatic carbocycles. The number of rotatable bonds is 3. The van der Waals surface area contributed by atoms with Crippen molar-refractivity contribution >= 4 is 15.8 Å². The first-order valence-corrected chi connectivity index (χ1v) is 9.37. The van der Waals surface area contributed by atoms with Crippen molar-refractivity contribution in [3.8, 4) is 0 Å². The molecular weight excluding hydrogens is 310 g/mol. The molecule has 0 spiro atoms. The fraction of sp³-hybridized carbons (Fsp3) is 0.412. The van der Waals surface area contributed by atoms with E-state index < -0.39 is 9.84 Å². The summed E-state index contributed by atoms with van der Waals surface area (Å²) in [5.74, 6) is 0.707. The van der Waals surface area contributed by atoms with Crippen molar-refractivity contribution in [2.24, 2.45) is 0 Å². The predicted molar refractivity (Wildman–Crippen MR) is 90.4 cm³/mol. The normalized spacial score (nSPS) is 16.5. The molecule has 0 aliphatic carbocycles. The Balaban J connectivity index is 1.73. The Labute approximate surface area is 137 Å². The second-order valence-corrected chi connectivity index (χ2v) is 8.22. The van der Waals surface area contributed by atoms with Gasteiger partial charge in [-0.25, -0.2) is 18.4 Å². The molecule has 0 N–H and O–H groups in total. The molecular formula is C17H21N3O2S. The molecule has 2 aromatic rings. The molecule has 0 bridgehead atoms. The minimum Gasteiger partial charge on any atom is -0.341 e. The molecule has 0 atom stereocenters.